The number of benzene rings is 1. The van der Waals surface area contributed by atoms with Crippen LogP contribution < -0.4 is 15.4 Å². The fraction of sp³-hybridized carbons (Fsp3) is 0.467. The molecule has 0 unspecified atom stereocenters. The van der Waals surface area contributed by atoms with Crippen molar-refractivity contribution in [2.24, 2.45) is 0 Å². The van der Waals surface area contributed by atoms with Gasteiger partial charge in [0, 0.05) is 12.1 Å². The Morgan fingerprint density at radius 1 is 1.27 bits per heavy atom. The van der Waals surface area contributed by atoms with E-state index in [0.717, 1.165) is 24.2 Å². The van der Waals surface area contributed by atoms with Crippen LogP contribution in [-0.2, 0) is 14.3 Å². The maximum atomic E-state index is 11.7. The molecule has 7 heteroatoms. The molecule has 0 spiro atoms. The Bertz CT molecular complexity index is 494. The van der Waals surface area contributed by atoms with Crippen LogP contribution in [0.15, 0.2) is 18.2 Å². The van der Waals surface area contributed by atoms with Gasteiger partial charge in [-0.2, -0.15) is 0 Å². The molecule has 124 valence electrons. The standard InChI is InChI=1S/C15H22N2O4.ClH/c1-11-9-12(21-10-15(19)20-3)6-7-13(11)17-14(18)5-4-8-16-2;/h6-7,9,16H,4-5,8,10H2,1-3H3,(H,17,18);1H. The van der Waals surface area contributed by atoms with Crippen molar-refractivity contribution in [1.29, 1.82) is 0 Å². The topological polar surface area (TPSA) is 76.7 Å². The predicted molar refractivity (Wildman–Crippen MR) is 87.7 cm³/mol. The number of halogens is 1. The van der Waals surface area contributed by atoms with Gasteiger partial charge in [-0.1, -0.05) is 0 Å². The second-order valence-electron chi connectivity index (χ2n) is 4.60. The number of carbonyl (C=O) groups excluding carboxylic acids is 2. The van der Waals surface area contributed by atoms with E-state index in [2.05, 4.69) is 15.4 Å². The molecule has 0 aliphatic heterocycles. The van der Waals surface area contributed by atoms with Crippen LogP contribution in [0, 0.1) is 6.92 Å². The van der Waals surface area contributed by atoms with Crippen molar-refractivity contribution in [2.45, 2.75) is 19.8 Å². The van der Waals surface area contributed by atoms with Crippen LogP contribution in [0.1, 0.15) is 18.4 Å². The first kappa shape index (κ1) is 20.2. The lowest BCUT2D eigenvalue weighted by Crippen LogP contribution is -2.16. The molecule has 0 atom stereocenters. The number of ether oxygens (including phenoxy) is 2. The maximum absolute atomic E-state index is 11.7. The molecular formula is C15H23ClN2O4. The molecule has 6 nitrogen and oxygen atoms in total. The fourth-order valence-electron chi connectivity index (χ4n) is 1.71. The molecule has 0 saturated heterocycles. The molecule has 1 rings (SSSR count). The highest BCUT2D eigenvalue weighted by Crippen LogP contribution is 2.21. The van der Waals surface area contributed by atoms with E-state index in [0.29, 0.717) is 12.2 Å². The number of anilines is 1. The minimum Gasteiger partial charge on any atom is -0.482 e. The van der Waals surface area contributed by atoms with Gasteiger partial charge < -0.3 is 20.1 Å². The zero-order valence-corrected chi connectivity index (χ0v) is 13.9. The number of hydrogen-bond donors (Lipinski definition) is 2. The largest absolute Gasteiger partial charge is 0.482 e. The maximum Gasteiger partial charge on any atom is 0.343 e. The summed E-state index contributed by atoms with van der Waals surface area (Å²) in [6.45, 7) is 2.55. The van der Waals surface area contributed by atoms with Crippen LogP contribution in [0.5, 0.6) is 5.75 Å². The first-order chi connectivity index (χ1) is 10.1. The van der Waals surface area contributed by atoms with Crippen LogP contribution in [0.3, 0.4) is 0 Å². The summed E-state index contributed by atoms with van der Waals surface area (Å²) in [5.74, 6) is 0.109. The number of methoxy groups -OCH3 is 1. The number of carbonyl (C=O) groups is 2. The summed E-state index contributed by atoms with van der Waals surface area (Å²) in [6.07, 6.45) is 1.27. The van der Waals surface area contributed by atoms with Crippen molar-refractivity contribution in [3.05, 3.63) is 23.8 Å². The Labute approximate surface area is 137 Å². The Kier molecular flexibility index (Phi) is 9.98. The van der Waals surface area contributed by atoms with Gasteiger partial charge in [-0.25, -0.2) is 4.79 Å². The normalized spacial score (nSPS) is 9.59. The Morgan fingerprint density at radius 3 is 2.59 bits per heavy atom. The highest BCUT2D eigenvalue weighted by atomic mass is 35.5. The highest BCUT2D eigenvalue weighted by molar-refractivity contribution is 5.91. The quantitative estimate of drug-likeness (QED) is 0.562. The zero-order chi connectivity index (χ0) is 15.7. The number of esters is 1. The third-order valence-corrected chi connectivity index (χ3v) is 2.89. The fourth-order valence-corrected chi connectivity index (χ4v) is 1.71. The SMILES string of the molecule is CNCCCC(=O)Nc1ccc(OCC(=O)OC)cc1C.Cl. The van der Waals surface area contributed by atoms with Crippen molar-refractivity contribution in [3.8, 4) is 5.75 Å². The van der Waals surface area contributed by atoms with E-state index < -0.39 is 5.97 Å². The van der Waals surface area contributed by atoms with Gasteiger partial charge in [0.15, 0.2) is 6.61 Å². The van der Waals surface area contributed by atoms with Gasteiger partial charge in [0.25, 0.3) is 0 Å². The molecular weight excluding hydrogens is 308 g/mol. The zero-order valence-electron chi connectivity index (χ0n) is 13.1. The van der Waals surface area contributed by atoms with Crippen molar-refractivity contribution >= 4 is 30.0 Å². The van der Waals surface area contributed by atoms with E-state index >= 15 is 0 Å². The van der Waals surface area contributed by atoms with E-state index in [4.69, 9.17) is 4.74 Å². The summed E-state index contributed by atoms with van der Waals surface area (Å²) in [5.41, 5.74) is 1.62. The molecule has 0 aliphatic rings. The molecule has 0 aliphatic carbocycles. The number of amides is 1. The summed E-state index contributed by atoms with van der Waals surface area (Å²) < 4.78 is 9.78. The first-order valence-corrected chi connectivity index (χ1v) is 6.81. The third kappa shape index (κ3) is 7.28. The Morgan fingerprint density at radius 2 is 2.00 bits per heavy atom. The molecule has 1 aromatic carbocycles. The van der Waals surface area contributed by atoms with Crippen LogP contribution >= 0.6 is 12.4 Å². The van der Waals surface area contributed by atoms with Gasteiger partial charge >= 0.3 is 5.97 Å². The average molecular weight is 331 g/mol. The first-order valence-electron chi connectivity index (χ1n) is 6.81. The molecule has 0 aromatic heterocycles. The smallest absolute Gasteiger partial charge is 0.343 e. The monoisotopic (exact) mass is 330 g/mol. The molecule has 1 amide bonds. The van der Waals surface area contributed by atoms with E-state index in [1.54, 1.807) is 18.2 Å². The minimum atomic E-state index is -0.436. The molecule has 1 aromatic rings. The van der Waals surface area contributed by atoms with Crippen molar-refractivity contribution in [3.63, 3.8) is 0 Å². The third-order valence-electron chi connectivity index (χ3n) is 2.89. The lowest BCUT2D eigenvalue weighted by atomic mass is 10.2. The van der Waals surface area contributed by atoms with E-state index in [1.165, 1.54) is 7.11 Å². The molecule has 0 radical (unpaired) electrons. The lowest BCUT2D eigenvalue weighted by molar-refractivity contribution is -0.142. The summed E-state index contributed by atoms with van der Waals surface area (Å²) in [4.78, 5) is 22.7. The molecule has 0 bridgehead atoms. The van der Waals surface area contributed by atoms with Gasteiger partial charge in [-0.15, -0.1) is 12.4 Å². The minimum absolute atomic E-state index is 0. The lowest BCUT2D eigenvalue weighted by Gasteiger charge is -2.11. The number of rotatable bonds is 8. The Hall–Kier alpha value is -1.79. The summed E-state index contributed by atoms with van der Waals surface area (Å²) in [6, 6.07) is 5.24. The van der Waals surface area contributed by atoms with Gasteiger partial charge in [-0.3, -0.25) is 4.79 Å². The van der Waals surface area contributed by atoms with Crippen molar-refractivity contribution < 1.29 is 19.1 Å². The summed E-state index contributed by atoms with van der Waals surface area (Å²) in [5, 5.41) is 5.86. The molecule has 0 saturated carbocycles. The van der Waals surface area contributed by atoms with Gasteiger partial charge in [0.2, 0.25) is 5.91 Å². The van der Waals surface area contributed by atoms with E-state index in [1.807, 2.05) is 14.0 Å². The van der Waals surface area contributed by atoms with Crippen LogP contribution in [0.4, 0.5) is 5.69 Å². The highest BCUT2D eigenvalue weighted by Gasteiger charge is 2.07. The van der Waals surface area contributed by atoms with E-state index in [-0.39, 0.29) is 24.9 Å². The number of nitrogens with one attached hydrogen (secondary N) is 2. The van der Waals surface area contributed by atoms with Gasteiger partial charge in [0.1, 0.15) is 5.75 Å². The Balaban J connectivity index is 0.00000441. The molecule has 2 N–H and O–H groups in total. The van der Waals surface area contributed by atoms with Gasteiger partial charge in [-0.05, 0) is 50.7 Å². The van der Waals surface area contributed by atoms with Crippen LogP contribution in [0.25, 0.3) is 0 Å². The second kappa shape index (κ2) is 10.9. The van der Waals surface area contributed by atoms with Crippen molar-refractivity contribution in [2.75, 3.05) is 32.6 Å². The van der Waals surface area contributed by atoms with Gasteiger partial charge in [0.05, 0.1) is 7.11 Å². The van der Waals surface area contributed by atoms with Crippen molar-refractivity contribution in [1.82, 2.24) is 5.32 Å². The molecule has 0 fully saturated rings. The summed E-state index contributed by atoms with van der Waals surface area (Å²) >= 11 is 0. The summed E-state index contributed by atoms with van der Waals surface area (Å²) in [7, 11) is 3.17. The van der Waals surface area contributed by atoms with Crippen LogP contribution in [-0.4, -0.2) is 39.2 Å². The number of aryl methyl sites for hydroxylation is 1. The molecule has 0 heterocycles. The number of hydrogen-bond acceptors (Lipinski definition) is 5. The second-order valence-corrected chi connectivity index (χ2v) is 4.60. The predicted octanol–water partition coefficient (Wildman–Crippen LogP) is 1.91. The van der Waals surface area contributed by atoms with E-state index in [9.17, 15) is 9.59 Å². The van der Waals surface area contributed by atoms with Crippen LogP contribution in [0.2, 0.25) is 0 Å². The average Bonchev–Trinajstić information content (AvgIpc) is 2.47. The molecule has 22 heavy (non-hydrogen) atoms.